The highest BCUT2D eigenvalue weighted by atomic mass is 35.5. The van der Waals surface area contributed by atoms with E-state index in [0.29, 0.717) is 35.2 Å². The molecule has 0 fully saturated rings. The second kappa shape index (κ2) is 8.88. The van der Waals surface area contributed by atoms with Gasteiger partial charge in [-0.05, 0) is 42.0 Å². The van der Waals surface area contributed by atoms with Crippen molar-refractivity contribution in [1.29, 1.82) is 0 Å². The number of halogens is 1. The zero-order valence-electron chi connectivity index (χ0n) is 16.1. The summed E-state index contributed by atoms with van der Waals surface area (Å²) in [7, 11) is 0. The molecule has 3 aromatic rings. The minimum Gasteiger partial charge on any atom is -0.483 e. The van der Waals surface area contributed by atoms with E-state index in [4.69, 9.17) is 16.3 Å². The number of urea groups is 1. The Hall–Kier alpha value is -3.51. The fourth-order valence-electron chi connectivity index (χ4n) is 3.25. The lowest BCUT2D eigenvalue weighted by atomic mass is 10.1. The van der Waals surface area contributed by atoms with Crippen molar-refractivity contribution in [2.75, 3.05) is 17.2 Å². The van der Waals surface area contributed by atoms with Gasteiger partial charge in [-0.1, -0.05) is 48.0 Å². The molecule has 7 heteroatoms. The number of ether oxygens (including phenoxy) is 1. The van der Waals surface area contributed by atoms with Gasteiger partial charge in [-0.25, -0.2) is 4.79 Å². The highest BCUT2D eigenvalue weighted by molar-refractivity contribution is 6.30. The van der Waals surface area contributed by atoms with E-state index in [1.807, 2.05) is 36.4 Å². The van der Waals surface area contributed by atoms with E-state index in [-0.39, 0.29) is 18.5 Å². The van der Waals surface area contributed by atoms with Gasteiger partial charge in [-0.3, -0.25) is 4.79 Å². The van der Waals surface area contributed by atoms with Crippen LogP contribution in [0, 0.1) is 0 Å². The summed E-state index contributed by atoms with van der Waals surface area (Å²) < 4.78 is 5.66. The summed E-state index contributed by atoms with van der Waals surface area (Å²) in [5.74, 6) is 0.558. The lowest BCUT2D eigenvalue weighted by Crippen LogP contribution is -2.31. The maximum atomic E-state index is 12.5. The molecule has 0 spiro atoms. The molecular formula is C23H20ClN3O3. The number of nitrogens with zero attached hydrogens (tertiary/aromatic N) is 1. The standard InChI is InChI=1S/C23H20ClN3O3/c24-18-7-4-8-19(12-18)25-23(29)26-20-9-10-21-17(11-20)14-27(22(28)15-30-21)13-16-5-2-1-3-6-16/h1-12H,13-15H2,(H2,25,26,29). The highest BCUT2D eigenvalue weighted by Gasteiger charge is 2.22. The number of benzene rings is 3. The number of amides is 3. The lowest BCUT2D eigenvalue weighted by molar-refractivity contribution is -0.133. The van der Waals surface area contributed by atoms with Gasteiger partial charge in [0.15, 0.2) is 6.61 Å². The Labute approximate surface area is 179 Å². The molecule has 4 rings (SSSR count). The van der Waals surface area contributed by atoms with Crippen LogP contribution >= 0.6 is 11.6 Å². The first-order valence-electron chi connectivity index (χ1n) is 9.48. The van der Waals surface area contributed by atoms with Crippen molar-refractivity contribution in [3.05, 3.63) is 88.9 Å². The van der Waals surface area contributed by atoms with Crippen LogP contribution < -0.4 is 15.4 Å². The molecule has 1 heterocycles. The fourth-order valence-corrected chi connectivity index (χ4v) is 3.44. The van der Waals surface area contributed by atoms with Crippen molar-refractivity contribution in [2.24, 2.45) is 0 Å². The predicted molar refractivity (Wildman–Crippen MR) is 117 cm³/mol. The number of nitrogens with one attached hydrogen (secondary N) is 2. The first-order valence-corrected chi connectivity index (χ1v) is 9.85. The van der Waals surface area contributed by atoms with Gasteiger partial charge in [0.25, 0.3) is 5.91 Å². The Kier molecular flexibility index (Phi) is 5.86. The maximum absolute atomic E-state index is 12.5. The van der Waals surface area contributed by atoms with Crippen molar-refractivity contribution in [2.45, 2.75) is 13.1 Å². The molecule has 0 aliphatic carbocycles. The monoisotopic (exact) mass is 421 g/mol. The van der Waals surface area contributed by atoms with Crippen molar-refractivity contribution in [3.63, 3.8) is 0 Å². The van der Waals surface area contributed by atoms with E-state index in [2.05, 4.69) is 10.6 Å². The van der Waals surface area contributed by atoms with Gasteiger partial charge in [-0.15, -0.1) is 0 Å². The Morgan fingerprint density at radius 3 is 2.50 bits per heavy atom. The van der Waals surface area contributed by atoms with Crippen LogP contribution in [0.5, 0.6) is 5.75 Å². The predicted octanol–water partition coefficient (Wildman–Crippen LogP) is 4.91. The molecular weight excluding hydrogens is 402 g/mol. The van der Waals surface area contributed by atoms with Crippen LogP contribution in [0.4, 0.5) is 16.2 Å². The number of hydrogen-bond donors (Lipinski definition) is 2. The molecule has 3 aromatic carbocycles. The minimum absolute atomic E-state index is 0.0120. The van der Waals surface area contributed by atoms with E-state index >= 15 is 0 Å². The van der Waals surface area contributed by atoms with Gasteiger partial charge < -0.3 is 20.3 Å². The third kappa shape index (κ3) is 4.90. The van der Waals surface area contributed by atoms with E-state index < -0.39 is 0 Å². The summed E-state index contributed by atoms with van der Waals surface area (Å²) >= 11 is 5.95. The molecule has 0 aromatic heterocycles. The molecule has 0 unspecified atom stereocenters. The van der Waals surface area contributed by atoms with Crippen LogP contribution in [0.1, 0.15) is 11.1 Å². The Morgan fingerprint density at radius 2 is 1.73 bits per heavy atom. The van der Waals surface area contributed by atoms with Gasteiger partial charge in [0.05, 0.1) is 0 Å². The number of rotatable bonds is 4. The molecule has 30 heavy (non-hydrogen) atoms. The molecule has 2 N–H and O–H groups in total. The quantitative estimate of drug-likeness (QED) is 0.629. The zero-order chi connectivity index (χ0) is 20.9. The highest BCUT2D eigenvalue weighted by Crippen LogP contribution is 2.27. The summed E-state index contributed by atoms with van der Waals surface area (Å²) in [5, 5.41) is 6.09. The first-order chi connectivity index (χ1) is 14.6. The largest absolute Gasteiger partial charge is 0.483 e. The van der Waals surface area contributed by atoms with Crippen molar-refractivity contribution in [1.82, 2.24) is 4.90 Å². The summed E-state index contributed by atoms with van der Waals surface area (Å²) in [4.78, 5) is 26.6. The van der Waals surface area contributed by atoms with E-state index in [9.17, 15) is 9.59 Å². The molecule has 1 aliphatic heterocycles. The van der Waals surface area contributed by atoms with Crippen molar-refractivity contribution >= 4 is 34.9 Å². The Bertz CT molecular complexity index is 1070. The number of fused-ring (bicyclic) bond motifs is 1. The normalized spacial score (nSPS) is 13.1. The molecule has 152 valence electrons. The molecule has 0 saturated carbocycles. The average Bonchev–Trinajstić information content (AvgIpc) is 2.87. The van der Waals surface area contributed by atoms with Gasteiger partial charge in [0.2, 0.25) is 0 Å². The van der Waals surface area contributed by atoms with Crippen LogP contribution in [0.15, 0.2) is 72.8 Å². The fraction of sp³-hybridized carbons (Fsp3) is 0.130. The first kappa shape index (κ1) is 19.8. The summed E-state index contributed by atoms with van der Waals surface area (Å²) in [6.45, 7) is 0.881. The second-order valence-electron chi connectivity index (χ2n) is 6.94. The molecule has 3 amide bonds. The molecule has 0 saturated heterocycles. The van der Waals surface area contributed by atoms with Gasteiger partial charge in [0.1, 0.15) is 5.75 Å². The average molecular weight is 422 g/mol. The summed E-state index contributed by atoms with van der Waals surface area (Å²) in [5.41, 5.74) is 3.07. The van der Waals surface area contributed by atoms with Crippen LogP contribution in [0.3, 0.4) is 0 Å². The Morgan fingerprint density at radius 1 is 0.967 bits per heavy atom. The van der Waals surface area contributed by atoms with Gasteiger partial charge >= 0.3 is 6.03 Å². The third-order valence-electron chi connectivity index (χ3n) is 4.68. The van der Waals surface area contributed by atoms with Crippen molar-refractivity contribution in [3.8, 4) is 5.75 Å². The number of carbonyl (C=O) groups excluding carboxylic acids is 2. The van der Waals surface area contributed by atoms with E-state index in [1.54, 1.807) is 41.3 Å². The van der Waals surface area contributed by atoms with Crippen LogP contribution in [-0.2, 0) is 17.9 Å². The van der Waals surface area contributed by atoms with Crippen LogP contribution in [-0.4, -0.2) is 23.4 Å². The van der Waals surface area contributed by atoms with Crippen LogP contribution in [0.25, 0.3) is 0 Å². The van der Waals surface area contributed by atoms with Gasteiger partial charge in [0, 0.05) is 35.1 Å². The second-order valence-corrected chi connectivity index (χ2v) is 7.37. The lowest BCUT2D eigenvalue weighted by Gasteiger charge is -2.20. The van der Waals surface area contributed by atoms with Crippen molar-refractivity contribution < 1.29 is 14.3 Å². The SMILES string of the molecule is O=C(Nc1cccc(Cl)c1)Nc1ccc2c(c1)CN(Cc1ccccc1)C(=O)CO2. The molecule has 6 nitrogen and oxygen atoms in total. The number of carbonyl (C=O) groups is 2. The molecule has 0 atom stereocenters. The van der Waals surface area contributed by atoms with E-state index in [1.165, 1.54) is 0 Å². The topological polar surface area (TPSA) is 70.7 Å². The summed E-state index contributed by atoms with van der Waals surface area (Å²) in [6, 6.07) is 21.7. The third-order valence-corrected chi connectivity index (χ3v) is 4.92. The molecule has 1 aliphatic rings. The van der Waals surface area contributed by atoms with E-state index in [0.717, 1.165) is 11.1 Å². The number of anilines is 2. The maximum Gasteiger partial charge on any atom is 0.323 e. The Balaban J connectivity index is 1.47. The smallest absolute Gasteiger partial charge is 0.323 e. The van der Waals surface area contributed by atoms with Crippen LogP contribution in [0.2, 0.25) is 5.02 Å². The molecule has 0 bridgehead atoms. The minimum atomic E-state index is -0.385. The molecule has 0 radical (unpaired) electrons. The summed E-state index contributed by atoms with van der Waals surface area (Å²) in [6.07, 6.45) is 0. The van der Waals surface area contributed by atoms with Gasteiger partial charge in [-0.2, -0.15) is 0 Å². The number of hydrogen-bond acceptors (Lipinski definition) is 3. The zero-order valence-corrected chi connectivity index (χ0v) is 16.9.